The highest BCUT2D eigenvalue weighted by Gasteiger charge is 2.34. The molecule has 1 saturated carbocycles. The van der Waals surface area contributed by atoms with E-state index in [1.54, 1.807) is 4.68 Å². The summed E-state index contributed by atoms with van der Waals surface area (Å²) < 4.78 is 1.64. The fourth-order valence-electron chi connectivity index (χ4n) is 4.65. The van der Waals surface area contributed by atoms with E-state index in [0.717, 1.165) is 31.8 Å². The van der Waals surface area contributed by atoms with E-state index in [4.69, 9.17) is 0 Å². The van der Waals surface area contributed by atoms with Crippen molar-refractivity contribution in [3.05, 3.63) is 41.7 Å². The van der Waals surface area contributed by atoms with Crippen molar-refractivity contribution in [2.75, 3.05) is 19.6 Å². The third kappa shape index (κ3) is 4.41. The largest absolute Gasteiger partial charge is 0.354 e. The average molecular weight is 383 g/mol. The van der Waals surface area contributed by atoms with Gasteiger partial charge in [-0.15, -0.1) is 5.10 Å². The van der Waals surface area contributed by atoms with Crippen LogP contribution in [0, 0.1) is 0 Å². The maximum Gasteiger partial charge on any atom is 0.241 e. The standard InChI is InChI=1S/C21H30N6O/c28-20(16-27-19(23-24-25-27)15-26-13-7-8-14-26)22-17-21(11-5-2-6-12-21)18-9-3-1-4-10-18/h1,3-4,9-10H,2,5-8,11-17H2,(H,22,28). The molecule has 0 radical (unpaired) electrons. The predicted octanol–water partition coefficient (Wildman–Crippen LogP) is 2.29. The summed E-state index contributed by atoms with van der Waals surface area (Å²) in [5, 5.41) is 15.1. The monoisotopic (exact) mass is 382 g/mol. The summed E-state index contributed by atoms with van der Waals surface area (Å²) in [6, 6.07) is 10.6. The lowest BCUT2D eigenvalue weighted by Crippen LogP contribution is -2.43. The molecule has 150 valence electrons. The van der Waals surface area contributed by atoms with Crippen molar-refractivity contribution >= 4 is 5.91 Å². The second-order valence-corrected chi connectivity index (χ2v) is 8.22. The van der Waals surface area contributed by atoms with E-state index < -0.39 is 0 Å². The highest BCUT2D eigenvalue weighted by Crippen LogP contribution is 2.38. The number of hydrogen-bond donors (Lipinski definition) is 1. The van der Waals surface area contributed by atoms with Gasteiger partial charge in [0.1, 0.15) is 6.54 Å². The molecule has 28 heavy (non-hydrogen) atoms. The van der Waals surface area contributed by atoms with Gasteiger partial charge in [0.15, 0.2) is 5.82 Å². The smallest absolute Gasteiger partial charge is 0.241 e. The van der Waals surface area contributed by atoms with E-state index in [1.165, 1.54) is 37.7 Å². The first-order valence-electron chi connectivity index (χ1n) is 10.5. The van der Waals surface area contributed by atoms with Crippen LogP contribution >= 0.6 is 0 Å². The van der Waals surface area contributed by atoms with Crippen LogP contribution in [0.3, 0.4) is 0 Å². The minimum absolute atomic E-state index is 0.0177. The van der Waals surface area contributed by atoms with Gasteiger partial charge in [-0.25, -0.2) is 4.68 Å². The molecule has 1 aliphatic heterocycles. The van der Waals surface area contributed by atoms with Crippen LogP contribution in [0.1, 0.15) is 56.3 Å². The van der Waals surface area contributed by atoms with Gasteiger partial charge in [0.05, 0.1) is 6.54 Å². The number of likely N-dealkylation sites (tertiary alicyclic amines) is 1. The number of tetrazole rings is 1. The highest BCUT2D eigenvalue weighted by atomic mass is 16.2. The molecule has 1 aromatic carbocycles. The van der Waals surface area contributed by atoms with Gasteiger partial charge in [0.2, 0.25) is 5.91 Å². The number of carbonyl (C=O) groups is 1. The molecule has 7 nitrogen and oxygen atoms in total. The van der Waals surface area contributed by atoms with Crippen molar-refractivity contribution in [3.63, 3.8) is 0 Å². The Balaban J connectivity index is 1.37. The zero-order valence-electron chi connectivity index (χ0n) is 16.5. The van der Waals surface area contributed by atoms with Crippen LogP contribution in [0.2, 0.25) is 0 Å². The molecule has 2 heterocycles. The summed E-state index contributed by atoms with van der Waals surface area (Å²) in [7, 11) is 0. The van der Waals surface area contributed by atoms with Crippen LogP contribution < -0.4 is 5.32 Å². The van der Waals surface area contributed by atoms with Gasteiger partial charge in [-0.2, -0.15) is 0 Å². The van der Waals surface area contributed by atoms with Crippen LogP contribution in [0.4, 0.5) is 0 Å². The van der Waals surface area contributed by atoms with Crippen molar-refractivity contribution in [2.45, 2.75) is 63.5 Å². The third-order valence-electron chi connectivity index (χ3n) is 6.28. The number of nitrogens with zero attached hydrogens (tertiary/aromatic N) is 5. The summed E-state index contributed by atoms with van der Waals surface area (Å²) >= 11 is 0. The van der Waals surface area contributed by atoms with E-state index in [2.05, 4.69) is 56.1 Å². The number of benzene rings is 1. The Morgan fingerprint density at radius 3 is 2.54 bits per heavy atom. The molecule has 1 aromatic heterocycles. The van der Waals surface area contributed by atoms with Gasteiger partial charge < -0.3 is 5.32 Å². The normalized spacial score (nSPS) is 19.6. The first-order chi connectivity index (χ1) is 13.8. The number of aromatic nitrogens is 4. The fourth-order valence-corrected chi connectivity index (χ4v) is 4.65. The highest BCUT2D eigenvalue weighted by molar-refractivity contribution is 5.75. The molecule has 2 aromatic rings. The molecule has 1 N–H and O–H groups in total. The Labute approximate surface area is 166 Å². The minimum Gasteiger partial charge on any atom is -0.354 e. The van der Waals surface area contributed by atoms with Crippen LogP contribution in [-0.4, -0.2) is 50.6 Å². The zero-order chi connectivity index (χ0) is 19.2. The Hall–Kier alpha value is -2.28. The topological polar surface area (TPSA) is 75.9 Å². The van der Waals surface area contributed by atoms with Crippen LogP contribution in [0.15, 0.2) is 30.3 Å². The van der Waals surface area contributed by atoms with Crippen molar-refractivity contribution in [3.8, 4) is 0 Å². The van der Waals surface area contributed by atoms with Crippen molar-refractivity contribution in [2.24, 2.45) is 0 Å². The van der Waals surface area contributed by atoms with Gasteiger partial charge in [0, 0.05) is 12.0 Å². The molecule has 1 aliphatic carbocycles. The third-order valence-corrected chi connectivity index (χ3v) is 6.28. The summed E-state index contributed by atoms with van der Waals surface area (Å²) in [5.74, 6) is 0.753. The van der Waals surface area contributed by atoms with Crippen molar-refractivity contribution in [1.29, 1.82) is 0 Å². The summed E-state index contributed by atoms with van der Waals surface area (Å²) in [6.07, 6.45) is 8.43. The lowest BCUT2D eigenvalue weighted by molar-refractivity contribution is -0.122. The summed E-state index contributed by atoms with van der Waals surface area (Å²) in [5.41, 5.74) is 1.39. The Morgan fingerprint density at radius 1 is 1.04 bits per heavy atom. The van der Waals surface area contributed by atoms with Crippen LogP contribution in [0.5, 0.6) is 0 Å². The predicted molar refractivity (Wildman–Crippen MR) is 107 cm³/mol. The van der Waals surface area contributed by atoms with Gasteiger partial charge in [0.25, 0.3) is 0 Å². The van der Waals surface area contributed by atoms with Gasteiger partial charge in [-0.1, -0.05) is 49.6 Å². The second-order valence-electron chi connectivity index (χ2n) is 8.22. The van der Waals surface area contributed by atoms with E-state index >= 15 is 0 Å². The van der Waals surface area contributed by atoms with Gasteiger partial charge >= 0.3 is 0 Å². The number of rotatable bonds is 7. The zero-order valence-corrected chi connectivity index (χ0v) is 16.5. The van der Waals surface area contributed by atoms with Crippen molar-refractivity contribution < 1.29 is 4.79 Å². The van der Waals surface area contributed by atoms with Crippen LogP contribution in [-0.2, 0) is 23.3 Å². The number of hydrogen-bond acceptors (Lipinski definition) is 5. The van der Waals surface area contributed by atoms with E-state index in [1.807, 2.05) is 0 Å². The maximum atomic E-state index is 12.7. The molecule has 1 saturated heterocycles. The lowest BCUT2D eigenvalue weighted by atomic mass is 9.69. The van der Waals surface area contributed by atoms with E-state index in [9.17, 15) is 4.79 Å². The molecular formula is C21H30N6O. The second kappa shape index (κ2) is 8.82. The first-order valence-corrected chi connectivity index (χ1v) is 10.5. The molecule has 2 aliphatic rings. The van der Waals surface area contributed by atoms with Gasteiger partial charge in [-0.05, 0) is 54.8 Å². The summed E-state index contributed by atoms with van der Waals surface area (Å²) in [6.45, 7) is 3.74. The molecular weight excluding hydrogens is 352 g/mol. The van der Waals surface area contributed by atoms with Gasteiger partial charge in [-0.3, -0.25) is 9.69 Å². The Bertz CT molecular complexity index is 762. The SMILES string of the molecule is O=C(Cn1nnnc1CN1CCCC1)NCC1(c2ccccc2)CCCCC1. The molecule has 0 spiro atoms. The van der Waals surface area contributed by atoms with E-state index in [0.29, 0.717) is 13.1 Å². The molecule has 0 unspecified atom stereocenters. The molecule has 0 bridgehead atoms. The fraction of sp³-hybridized carbons (Fsp3) is 0.619. The minimum atomic E-state index is -0.0177. The molecule has 7 heteroatoms. The molecule has 4 rings (SSSR count). The van der Waals surface area contributed by atoms with Crippen LogP contribution in [0.25, 0.3) is 0 Å². The lowest BCUT2D eigenvalue weighted by Gasteiger charge is -2.38. The number of amides is 1. The Kier molecular flexibility index (Phi) is 6.00. The maximum absolute atomic E-state index is 12.7. The molecule has 2 fully saturated rings. The van der Waals surface area contributed by atoms with E-state index in [-0.39, 0.29) is 17.9 Å². The quantitative estimate of drug-likeness (QED) is 0.795. The molecule has 0 atom stereocenters. The molecule has 1 amide bonds. The Morgan fingerprint density at radius 2 is 1.79 bits per heavy atom. The average Bonchev–Trinajstić information content (AvgIpc) is 3.41. The number of carbonyl (C=O) groups excluding carboxylic acids is 1. The first kappa shape index (κ1) is 19.1. The van der Waals surface area contributed by atoms with Crippen molar-refractivity contribution in [1.82, 2.24) is 30.4 Å². The number of nitrogens with one attached hydrogen (secondary N) is 1. The summed E-state index contributed by atoms with van der Waals surface area (Å²) in [4.78, 5) is 15.0.